The van der Waals surface area contributed by atoms with Gasteiger partial charge in [-0.15, -0.1) is 0 Å². The number of hydrogen-bond acceptors (Lipinski definition) is 4. The minimum Gasteiger partial charge on any atom is -0.463 e. The van der Waals surface area contributed by atoms with Crippen molar-refractivity contribution in [3.05, 3.63) is 46.3 Å². The van der Waals surface area contributed by atoms with Gasteiger partial charge in [0.15, 0.2) is 11.0 Å². The first-order valence-corrected chi connectivity index (χ1v) is 4.91. The number of esters is 1. The van der Waals surface area contributed by atoms with Crippen LogP contribution in [0.2, 0.25) is 0 Å². The van der Waals surface area contributed by atoms with E-state index in [-0.39, 0.29) is 23.2 Å². The highest BCUT2D eigenvalue weighted by molar-refractivity contribution is 6.01. The van der Waals surface area contributed by atoms with Crippen molar-refractivity contribution < 1.29 is 13.9 Å². The summed E-state index contributed by atoms with van der Waals surface area (Å²) in [6.45, 7) is 2.01. The van der Waals surface area contributed by atoms with E-state index in [0.29, 0.717) is 5.39 Å². The van der Waals surface area contributed by atoms with Crippen LogP contribution in [0.3, 0.4) is 0 Å². The molecule has 0 saturated carbocycles. The maximum Gasteiger partial charge on any atom is 0.341 e. The summed E-state index contributed by atoms with van der Waals surface area (Å²) in [5, 5.41) is 0.382. The summed E-state index contributed by atoms with van der Waals surface area (Å²) in [7, 11) is 0. The van der Waals surface area contributed by atoms with E-state index in [9.17, 15) is 9.59 Å². The molecule has 0 N–H and O–H groups in total. The number of carbonyl (C=O) groups is 1. The van der Waals surface area contributed by atoms with Crippen molar-refractivity contribution in [1.29, 1.82) is 0 Å². The molecule has 82 valence electrons. The SMILES string of the molecule is CCOC(=O)c1cccc2c(=O)ccoc12. The number of benzene rings is 1. The van der Waals surface area contributed by atoms with Crippen LogP contribution in [0, 0.1) is 0 Å². The standard InChI is InChI=1S/C12H10O4/c1-2-15-12(14)9-5-3-4-8-10(13)6-7-16-11(8)9/h3-7H,2H2,1H3. The summed E-state index contributed by atoms with van der Waals surface area (Å²) in [6, 6.07) is 6.13. The molecule has 0 saturated heterocycles. The Balaban J connectivity index is 2.67. The molecule has 0 amide bonds. The first kappa shape index (κ1) is 10.4. The van der Waals surface area contributed by atoms with Crippen molar-refractivity contribution >= 4 is 16.9 Å². The van der Waals surface area contributed by atoms with Gasteiger partial charge in [-0.2, -0.15) is 0 Å². The van der Waals surface area contributed by atoms with E-state index in [4.69, 9.17) is 9.15 Å². The molecule has 1 heterocycles. The lowest BCUT2D eigenvalue weighted by Crippen LogP contribution is -2.07. The van der Waals surface area contributed by atoms with Crippen LogP contribution in [0.25, 0.3) is 11.0 Å². The molecule has 0 atom stereocenters. The average Bonchev–Trinajstić information content (AvgIpc) is 2.29. The van der Waals surface area contributed by atoms with Crippen molar-refractivity contribution in [2.45, 2.75) is 6.92 Å². The fourth-order valence-electron chi connectivity index (χ4n) is 1.48. The highest BCUT2D eigenvalue weighted by Crippen LogP contribution is 2.16. The Morgan fingerprint density at radius 1 is 1.38 bits per heavy atom. The number of para-hydroxylation sites is 1. The number of hydrogen-bond donors (Lipinski definition) is 0. The van der Waals surface area contributed by atoms with Crippen LogP contribution in [0.15, 0.2) is 39.7 Å². The van der Waals surface area contributed by atoms with Crippen LogP contribution in [0.5, 0.6) is 0 Å². The molecule has 0 fully saturated rings. The predicted molar refractivity (Wildman–Crippen MR) is 58.4 cm³/mol. The molecule has 0 aliphatic heterocycles. The molecule has 0 radical (unpaired) electrons. The smallest absolute Gasteiger partial charge is 0.341 e. The Labute approximate surface area is 91.4 Å². The van der Waals surface area contributed by atoms with E-state index in [0.717, 1.165) is 0 Å². The third-order valence-electron chi connectivity index (χ3n) is 2.18. The van der Waals surface area contributed by atoms with Crippen LogP contribution < -0.4 is 5.43 Å². The second-order valence-electron chi connectivity index (χ2n) is 3.19. The highest BCUT2D eigenvalue weighted by atomic mass is 16.5. The molecule has 1 aromatic heterocycles. The van der Waals surface area contributed by atoms with Crippen LogP contribution in [-0.2, 0) is 4.74 Å². The van der Waals surface area contributed by atoms with Crippen molar-refractivity contribution in [1.82, 2.24) is 0 Å². The van der Waals surface area contributed by atoms with E-state index in [1.807, 2.05) is 0 Å². The van der Waals surface area contributed by atoms with Crippen molar-refractivity contribution in [2.75, 3.05) is 6.61 Å². The molecular formula is C12H10O4. The Morgan fingerprint density at radius 2 is 2.19 bits per heavy atom. The van der Waals surface area contributed by atoms with Gasteiger partial charge in [0, 0.05) is 6.07 Å². The minimum atomic E-state index is -0.484. The largest absolute Gasteiger partial charge is 0.463 e. The summed E-state index contributed by atoms with van der Waals surface area (Å²) < 4.78 is 10.1. The molecule has 1 aromatic carbocycles. The van der Waals surface area contributed by atoms with Crippen LogP contribution in [0.1, 0.15) is 17.3 Å². The third-order valence-corrected chi connectivity index (χ3v) is 2.18. The summed E-state index contributed by atoms with van der Waals surface area (Å²) in [4.78, 5) is 23.1. The molecule has 0 unspecified atom stereocenters. The zero-order valence-electron chi connectivity index (χ0n) is 8.73. The van der Waals surface area contributed by atoms with Crippen LogP contribution >= 0.6 is 0 Å². The van der Waals surface area contributed by atoms with Gasteiger partial charge in [0.25, 0.3) is 0 Å². The number of carbonyl (C=O) groups excluding carboxylic acids is 1. The molecule has 0 spiro atoms. The molecule has 4 nitrogen and oxygen atoms in total. The van der Waals surface area contributed by atoms with Gasteiger partial charge in [-0.05, 0) is 19.1 Å². The summed E-state index contributed by atoms with van der Waals surface area (Å²) in [5.41, 5.74) is 0.373. The Bertz CT molecular complexity index is 583. The summed E-state index contributed by atoms with van der Waals surface area (Å²) >= 11 is 0. The second-order valence-corrected chi connectivity index (χ2v) is 3.19. The van der Waals surface area contributed by atoms with Gasteiger partial charge >= 0.3 is 5.97 Å². The zero-order chi connectivity index (χ0) is 11.5. The van der Waals surface area contributed by atoms with Gasteiger partial charge in [-0.1, -0.05) is 6.07 Å². The zero-order valence-corrected chi connectivity index (χ0v) is 8.73. The number of rotatable bonds is 2. The molecule has 0 bridgehead atoms. The van der Waals surface area contributed by atoms with E-state index in [2.05, 4.69) is 0 Å². The van der Waals surface area contributed by atoms with Gasteiger partial charge < -0.3 is 9.15 Å². The second kappa shape index (κ2) is 4.18. The first-order valence-electron chi connectivity index (χ1n) is 4.91. The first-order chi connectivity index (χ1) is 7.74. The number of fused-ring (bicyclic) bond motifs is 1. The topological polar surface area (TPSA) is 56.5 Å². The van der Waals surface area contributed by atoms with E-state index >= 15 is 0 Å². The van der Waals surface area contributed by atoms with E-state index in [1.165, 1.54) is 12.3 Å². The van der Waals surface area contributed by atoms with Crippen LogP contribution in [0.4, 0.5) is 0 Å². The average molecular weight is 218 g/mol. The number of ether oxygens (including phenoxy) is 1. The van der Waals surface area contributed by atoms with Crippen molar-refractivity contribution in [2.24, 2.45) is 0 Å². The molecule has 16 heavy (non-hydrogen) atoms. The predicted octanol–water partition coefficient (Wildman–Crippen LogP) is 1.97. The maximum atomic E-state index is 11.6. The Morgan fingerprint density at radius 3 is 2.94 bits per heavy atom. The van der Waals surface area contributed by atoms with E-state index < -0.39 is 5.97 Å². The van der Waals surface area contributed by atoms with Crippen LogP contribution in [-0.4, -0.2) is 12.6 Å². The molecule has 2 aromatic rings. The van der Waals surface area contributed by atoms with Gasteiger partial charge in [-0.25, -0.2) is 4.79 Å². The lowest BCUT2D eigenvalue weighted by atomic mass is 10.1. The summed E-state index contributed by atoms with van der Waals surface area (Å²) in [5.74, 6) is -0.484. The monoisotopic (exact) mass is 218 g/mol. The minimum absolute atomic E-state index is 0.174. The Kier molecular flexibility index (Phi) is 2.72. The van der Waals surface area contributed by atoms with Gasteiger partial charge in [0.2, 0.25) is 0 Å². The lowest BCUT2D eigenvalue weighted by molar-refractivity contribution is 0.0527. The Hall–Kier alpha value is -2.10. The maximum absolute atomic E-state index is 11.6. The fraction of sp³-hybridized carbons (Fsp3) is 0.167. The molecular weight excluding hydrogens is 208 g/mol. The molecule has 0 aliphatic rings. The van der Waals surface area contributed by atoms with Gasteiger partial charge in [-0.3, -0.25) is 4.79 Å². The summed E-state index contributed by atoms with van der Waals surface area (Å²) in [6.07, 6.45) is 1.27. The molecule has 4 heteroatoms. The van der Waals surface area contributed by atoms with Crippen molar-refractivity contribution in [3.8, 4) is 0 Å². The normalized spacial score (nSPS) is 10.3. The quantitative estimate of drug-likeness (QED) is 0.723. The fourth-order valence-corrected chi connectivity index (χ4v) is 1.48. The third kappa shape index (κ3) is 1.69. The van der Waals surface area contributed by atoms with Gasteiger partial charge in [0.05, 0.1) is 18.3 Å². The lowest BCUT2D eigenvalue weighted by Gasteiger charge is -2.03. The van der Waals surface area contributed by atoms with Crippen molar-refractivity contribution in [3.63, 3.8) is 0 Å². The molecule has 2 rings (SSSR count). The van der Waals surface area contributed by atoms with E-state index in [1.54, 1.807) is 25.1 Å². The molecule has 0 aliphatic carbocycles. The van der Waals surface area contributed by atoms with Gasteiger partial charge in [0.1, 0.15) is 5.56 Å². The highest BCUT2D eigenvalue weighted by Gasteiger charge is 2.13.